The van der Waals surface area contributed by atoms with E-state index in [4.69, 9.17) is 9.84 Å². The number of imidazole rings is 1. The number of ether oxygens (including phenoxy) is 1. The molecule has 0 radical (unpaired) electrons. The first-order valence-electron chi connectivity index (χ1n) is 7.03. The van der Waals surface area contributed by atoms with Crippen LogP contribution in [0.5, 0.6) is 5.75 Å². The molecule has 0 unspecified atom stereocenters. The average molecular weight is 305 g/mol. The summed E-state index contributed by atoms with van der Waals surface area (Å²) in [5.41, 5.74) is 0.934. The van der Waals surface area contributed by atoms with E-state index in [0.717, 1.165) is 0 Å². The number of rotatable bonds is 7. The molecule has 2 rings (SSSR count). The summed E-state index contributed by atoms with van der Waals surface area (Å²) < 4.78 is 7.17. The fourth-order valence-electron chi connectivity index (χ4n) is 1.90. The highest BCUT2D eigenvalue weighted by Crippen LogP contribution is 2.19. The van der Waals surface area contributed by atoms with Crippen LogP contribution in [0.1, 0.15) is 19.5 Å². The second-order valence-electron chi connectivity index (χ2n) is 5.39. The fourth-order valence-corrected chi connectivity index (χ4v) is 1.90. The van der Waals surface area contributed by atoms with Crippen molar-refractivity contribution in [1.82, 2.24) is 14.7 Å². The molecular weight excluding hydrogens is 286 g/mol. The summed E-state index contributed by atoms with van der Waals surface area (Å²) in [6.45, 7) is 4.51. The van der Waals surface area contributed by atoms with Crippen molar-refractivity contribution in [3.63, 3.8) is 0 Å². The van der Waals surface area contributed by atoms with Gasteiger partial charge < -0.3 is 19.6 Å². The van der Waals surface area contributed by atoms with Gasteiger partial charge in [0.05, 0.1) is 12.1 Å². The number of carbonyl (C=O) groups excluding carboxylic acids is 1. The van der Waals surface area contributed by atoms with Crippen molar-refractivity contribution in [2.45, 2.75) is 20.3 Å². The average Bonchev–Trinajstić information content (AvgIpc) is 2.84. The first kappa shape index (κ1) is 15.8. The van der Waals surface area contributed by atoms with E-state index in [9.17, 15) is 9.59 Å². The van der Waals surface area contributed by atoms with Crippen molar-refractivity contribution < 1.29 is 19.4 Å². The van der Waals surface area contributed by atoms with E-state index in [1.165, 1.54) is 0 Å². The van der Waals surface area contributed by atoms with Gasteiger partial charge in [-0.1, -0.05) is 13.8 Å². The molecule has 0 aliphatic carbocycles. The standard InChI is InChI=1S/C15H19N3O4/c1-10(2)7-16-13(19)9-22-12-4-3-5-18-8-11(6-14(20)21)17-15(12)18/h3-5,8,10H,6-7,9H2,1-2H3,(H,16,19)(H,20,21). The van der Waals surface area contributed by atoms with E-state index in [1.54, 1.807) is 28.9 Å². The molecule has 0 aromatic carbocycles. The van der Waals surface area contributed by atoms with Crippen molar-refractivity contribution in [2.75, 3.05) is 13.2 Å². The van der Waals surface area contributed by atoms with Gasteiger partial charge in [-0.25, -0.2) is 4.98 Å². The molecule has 2 N–H and O–H groups in total. The molecule has 0 aliphatic rings. The van der Waals surface area contributed by atoms with Crippen LogP contribution in [0.2, 0.25) is 0 Å². The summed E-state index contributed by atoms with van der Waals surface area (Å²) in [5.74, 6) is -0.330. The second kappa shape index (κ2) is 6.93. The number of carboxylic acid groups (broad SMARTS) is 1. The Morgan fingerprint density at radius 3 is 2.91 bits per heavy atom. The lowest BCUT2D eigenvalue weighted by Crippen LogP contribution is -2.31. The Bertz CT molecular complexity index is 678. The molecule has 0 atom stereocenters. The number of carbonyl (C=O) groups is 2. The number of hydrogen-bond donors (Lipinski definition) is 2. The highest BCUT2D eigenvalue weighted by atomic mass is 16.5. The lowest BCUT2D eigenvalue weighted by Gasteiger charge is -2.09. The van der Waals surface area contributed by atoms with Gasteiger partial charge >= 0.3 is 5.97 Å². The fraction of sp³-hybridized carbons (Fsp3) is 0.400. The Balaban J connectivity index is 2.06. The topological polar surface area (TPSA) is 92.9 Å². The summed E-state index contributed by atoms with van der Waals surface area (Å²) >= 11 is 0. The summed E-state index contributed by atoms with van der Waals surface area (Å²) in [6, 6.07) is 3.45. The predicted molar refractivity (Wildman–Crippen MR) is 79.9 cm³/mol. The van der Waals surface area contributed by atoms with Gasteiger partial charge in [-0.2, -0.15) is 0 Å². The molecule has 1 amide bonds. The van der Waals surface area contributed by atoms with Crippen LogP contribution in [-0.2, 0) is 16.0 Å². The molecule has 0 saturated heterocycles. The van der Waals surface area contributed by atoms with Crippen LogP contribution >= 0.6 is 0 Å². The normalized spacial score (nSPS) is 10.9. The van der Waals surface area contributed by atoms with Gasteiger partial charge in [0, 0.05) is 18.9 Å². The van der Waals surface area contributed by atoms with Gasteiger partial charge in [0.1, 0.15) is 0 Å². The van der Waals surface area contributed by atoms with Gasteiger partial charge in [-0.15, -0.1) is 0 Å². The number of nitrogens with one attached hydrogen (secondary N) is 1. The number of nitrogens with zero attached hydrogens (tertiary/aromatic N) is 2. The van der Waals surface area contributed by atoms with Crippen LogP contribution in [-0.4, -0.2) is 39.5 Å². The quantitative estimate of drug-likeness (QED) is 0.799. The molecule has 0 bridgehead atoms. The largest absolute Gasteiger partial charge is 0.481 e. The maximum Gasteiger partial charge on any atom is 0.309 e. The van der Waals surface area contributed by atoms with Crippen LogP contribution in [0.25, 0.3) is 5.65 Å². The minimum absolute atomic E-state index is 0.104. The lowest BCUT2D eigenvalue weighted by molar-refractivity contribution is -0.136. The number of fused-ring (bicyclic) bond motifs is 1. The third-order valence-electron chi connectivity index (χ3n) is 2.90. The maximum atomic E-state index is 11.7. The van der Waals surface area contributed by atoms with Gasteiger partial charge in [-0.05, 0) is 18.1 Å². The molecule has 0 aliphatic heterocycles. The maximum absolute atomic E-state index is 11.7. The van der Waals surface area contributed by atoms with Crippen molar-refractivity contribution in [2.24, 2.45) is 5.92 Å². The smallest absolute Gasteiger partial charge is 0.309 e. The number of hydrogen-bond acceptors (Lipinski definition) is 4. The Morgan fingerprint density at radius 1 is 1.45 bits per heavy atom. The molecule has 7 nitrogen and oxygen atoms in total. The summed E-state index contributed by atoms with van der Waals surface area (Å²) in [5, 5.41) is 11.6. The summed E-state index contributed by atoms with van der Waals surface area (Å²) in [6.07, 6.45) is 3.23. The van der Waals surface area contributed by atoms with Crippen LogP contribution in [0.4, 0.5) is 0 Å². The Kier molecular flexibility index (Phi) is 4.98. The van der Waals surface area contributed by atoms with Gasteiger partial charge in [-0.3, -0.25) is 9.59 Å². The van der Waals surface area contributed by atoms with Gasteiger partial charge in [0.15, 0.2) is 18.0 Å². The summed E-state index contributed by atoms with van der Waals surface area (Å²) in [4.78, 5) is 26.6. The van der Waals surface area contributed by atoms with Crippen molar-refractivity contribution in [3.05, 3.63) is 30.2 Å². The molecule has 2 aromatic rings. The van der Waals surface area contributed by atoms with Gasteiger partial charge in [0.2, 0.25) is 0 Å². The van der Waals surface area contributed by atoms with Crippen molar-refractivity contribution in [1.29, 1.82) is 0 Å². The Hall–Kier alpha value is -2.57. The first-order chi connectivity index (χ1) is 10.5. The van der Waals surface area contributed by atoms with Gasteiger partial charge in [0.25, 0.3) is 5.91 Å². The van der Waals surface area contributed by atoms with E-state index in [2.05, 4.69) is 10.3 Å². The predicted octanol–water partition coefficient (Wildman–Crippen LogP) is 1.11. The lowest BCUT2D eigenvalue weighted by atomic mass is 10.2. The molecule has 0 saturated carbocycles. The third kappa shape index (κ3) is 4.21. The highest BCUT2D eigenvalue weighted by Gasteiger charge is 2.11. The number of carboxylic acids is 1. The van der Waals surface area contributed by atoms with E-state index < -0.39 is 5.97 Å². The minimum atomic E-state index is -0.945. The van der Waals surface area contributed by atoms with Crippen molar-refractivity contribution in [3.8, 4) is 5.75 Å². The van der Waals surface area contributed by atoms with E-state index in [0.29, 0.717) is 29.6 Å². The number of amides is 1. The minimum Gasteiger partial charge on any atom is -0.481 e. The molecule has 118 valence electrons. The SMILES string of the molecule is CC(C)CNC(=O)COc1cccn2cc(CC(=O)O)nc12. The highest BCUT2D eigenvalue weighted by molar-refractivity contribution is 5.77. The monoisotopic (exact) mass is 305 g/mol. The van der Waals surface area contributed by atoms with E-state index >= 15 is 0 Å². The molecule has 22 heavy (non-hydrogen) atoms. The van der Waals surface area contributed by atoms with E-state index in [-0.39, 0.29) is 18.9 Å². The summed E-state index contributed by atoms with van der Waals surface area (Å²) in [7, 11) is 0. The number of pyridine rings is 1. The van der Waals surface area contributed by atoms with Crippen molar-refractivity contribution >= 4 is 17.5 Å². The molecule has 2 aromatic heterocycles. The molecule has 0 fully saturated rings. The molecule has 7 heteroatoms. The van der Waals surface area contributed by atoms with E-state index in [1.807, 2.05) is 13.8 Å². The molecule has 2 heterocycles. The van der Waals surface area contributed by atoms with Crippen LogP contribution < -0.4 is 10.1 Å². The Labute approximate surface area is 127 Å². The zero-order valence-electron chi connectivity index (χ0n) is 12.6. The first-order valence-corrected chi connectivity index (χ1v) is 7.03. The number of aliphatic carboxylic acids is 1. The molecular formula is C15H19N3O4. The van der Waals surface area contributed by atoms with Crippen LogP contribution in [0.3, 0.4) is 0 Å². The second-order valence-corrected chi connectivity index (χ2v) is 5.39. The zero-order valence-corrected chi connectivity index (χ0v) is 12.6. The third-order valence-corrected chi connectivity index (χ3v) is 2.90. The number of aromatic nitrogens is 2. The Morgan fingerprint density at radius 2 is 2.23 bits per heavy atom. The molecule has 0 spiro atoms. The van der Waals surface area contributed by atoms with Crippen LogP contribution in [0.15, 0.2) is 24.5 Å². The van der Waals surface area contributed by atoms with Crippen LogP contribution in [0, 0.1) is 5.92 Å². The zero-order chi connectivity index (χ0) is 16.1.